The predicted molar refractivity (Wildman–Crippen MR) is 213 cm³/mol. The second kappa shape index (κ2) is 16.3. The highest BCUT2D eigenvalue weighted by Crippen LogP contribution is 2.49. The number of hydrogen-bond donors (Lipinski definition) is 3. The average Bonchev–Trinajstić information content (AvgIpc) is 3.48. The molecule has 1 unspecified atom stereocenters. The number of benzene rings is 4. The zero-order valence-electron chi connectivity index (χ0n) is 32.0. The van der Waals surface area contributed by atoms with Crippen LogP contribution in [0.4, 0.5) is 5.82 Å². The van der Waals surface area contributed by atoms with E-state index in [0.717, 1.165) is 16.7 Å². The number of ether oxygens (including phenoxy) is 4. The minimum absolute atomic E-state index is 0.0745. The molecule has 6 rings (SSSR count). The van der Waals surface area contributed by atoms with Gasteiger partial charge in [0.25, 0.3) is 5.91 Å². The van der Waals surface area contributed by atoms with Gasteiger partial charge in [-0.2, -0.15) is 4.98 Å². The van der Waals surface area contributed by atoms with Crippen LogP contribution in [-0.2, 0) is 15.1 Å². The molecule has 2 heterocycles. The molecule has 5 aromatic rings. The Labute approximate surface area is 322 Å². The van der Waals surface area contributed by atoms with E-state index in [-0.39, 0.29) is 12.4 Å². The monoisotopic (exact) mass is 763 g/mol. The van der Waals surface area contributed by atoms with Gasteiger partial charge >= 0.3 is 5.69 Å². The summed E-state index contributed by atoms with van der Waals surface area (Å²) in [4.78, 5) is 42.0. The summed E-state index contributed by atoms with van der Waals surface area (Å²) < 4.78 is 26.0. The second-order valence-corrected chi connectivity index (χ2v) is 19.5. The third-order valence-electron chi connectivity index (χ3n) is 10.9. The van der Waals surface area contributed by atoms with Gasteiger partial charge in [-0.25, -0.2) is 4.79 Å². The number of aliphatic hydroxyl groups is 1. The van der Waals surface area contributed by atoms with Crippen LogP contribution < -0.4 is 20.5 Å². The van der Waals surface area contributed by atoms with E-state index in [2.05, 4.69) is 10.3 Å². The highest BCUT2D eigenvalue weighted by molar-refractivity contribution is 6.72. The van der Waals surface area contributed by atoms with E-state index >= 15 is 0 Å². The molecule has 4 aromatic carbocycles. The van der Waals surface area contributed by atoms with E-state index in [1.165, 1.54) is 16.8 Å². The lowest BCUT2D eigenvalue weighted by atomic mass is 9.80. The Kier molecular flexibility index (Phi) is 11.7. The zero-order chi connectivity index (χ0) is 39.4. The predicted octanol–water partition coefficient (Wildman–Crippen LogP) is 6.76. The number of carbonyl (C=O) groups excluding carboxylic acids is 1. The number of aromatic nitrogens is 2. The first-order valence-electron chi connectivity index (χ1n) is 18.3. The van der Waals surface area contributed by atoms with Crippen LogP contribution in [0.2, 0.25) is 18.1 Å². The molecular weight excluding hydrogens is 715 g/mol. The molecule has 0 spiro atoms. The fraction of sp³-hybridized carbons (Fsp3) is 0.326. The van der Waals surface area contributed by atoms with E-state index in [9.17, 15) is 19.5 Å². The standard InChI is InChI=1S/C43H49N3O8Si/c1-42(2,55(5,6)50)27-35-38(47)36(54-40(35)46-26-25-37(45-41(46)49)44-39(48)29-13-9-7-10-14-29)28-53-43(30-15-11-8-12-16-30,31-17-21-33(51-3)22-18-31)32-19-23-34(52-4)24-20-32/h7-26,35-36,38,40,47,50H,27-28H2,1-6H3,(H,44,45,48,49)/t35-,36+,38?,40+/m0/s1. The number of nitrogens with zero attached hydrogens (tertiary/aromatic N) is 2. The van der Waals surface area contributed by atoms with Crippen LogP contribution >= 0.6 is 0 Å². The Bertz CT molecular complexity index is 2060. The van der Waals surface area contributed by atoms with Gasteiger partial charge in [0.2, 0.25) is 0 Å². The molecule has 0 aliphatic carbocycles. The minimum atomic E-state index is -2.77. The zero-order valence-corrected chi connectivity index (χ0v) is 33.0. The smallest absolute Gasteiger partial charge is 0.351 e. The maximum absolute atomic E-state index is 13.7. The normalized spacial score (nSPS) is 18.8. The first kappa shape index (κ1) is 39.6. The molecule has 4 atom stereocenters. The van der Waals surface area contributed by atoms with Crippen LogP contribution in [0.5, 0.6) is 11.5 Å². The molecule has 1 amide bonds. The number of hydrogen-bond acceptors (Lipinski definition) is 9. The van der Waals surface area contributed by atoms with E-state index in [1.807, 2.05) is 112 Å². The van der Waals surface area contributed by atoms with Gasteiger partial charge in [0.1, 0.15) is 35.2 Å². The van der Waals surface area contributed by atoms with Crippen molar-refractivity contribution in [3.05, 3.63) is 154 Å². The summed E-state index contributed by atoms with van der Waals surface area (Å²) in [5.41, 5.74) is 1.05. The number of nitrogens with one attached hydrogen (secondary N) is 1. The summed E-state index contributed by atoms with van der Waals surface area (Å²) in [5, 5.41) is 14.3. The second-order valence-electron chi connectivity index (χ2n) is 15.0. The maximum Gasteiger partial charge on any atom is 0.351 e. The largest absolute Gasteiger partial charge is 0.497 e. The molecular formula is C43H49N3O8Si. The molecule has 0 bridgehead atoms. The third kappa shape index (κ3) is 8.29. The van der Waals surface area contributed by atoms with Crippen LogP contribution in [0.1, 0.15) is 53.5 Å². The fourth-order valence-corrected chi connectivity index (χ4v) is 7.75. The van der Waals surface area contributed by atoms with Crippen LogP contribution in [0.25, 0.3) is 0 Å². The molecule has 0 saturated carbocycles. The SMILES string of the molecule is COc1ccc(C(OC[C@H]2O[C@@H](n3ccc(NC(=O)c4ccccc4)nc3=O)[C@@H](CC(C)(C)[Si](C)(C)O)C2O)(c2ccccc2)c2ccc(OC)cc2)cc1. The Balaban J connectivity index is 1.38. The number of amides is 1. The molecule has 12 heteroatoms. The van der Waals surface area contributed by atoms with Gasteiger partial charge in [0.05, 0.1) is 26.9 Å². The molecule has 3 N–H and O–H groups in total. The van der Waals surface area contributed by atoms with Crippen molar-refractivity contribution < 1.29 is 33.6 Å². The number of rotatable bonds is 14. The molecule has 288 valence electrons. The Morgan fingerprint density at radius 2 is 1.36 bits per heavy atom. The number of methoxy groups -OCH3 is 2. The van der Waals surface area contributed by atoms with Gasteiger partial charge in [-0.1, -0.05) is 86.6 Å². The van der Waals surface area contributed by atoms with E-state index in [4.69, 9.17) is 18.9 Å². The van der Waals surface area contributed by atoms with E-state index < -0.39 is 54.9 Å². The van der Waals surface area contributed by atoms with Crippen molar-refractivity contribution >= 4 is 20.0 Å². The van der Waals surface area contributed by atoms with Crippen LogP contribution in [-0.4, -0.2) is 66.7 Å². The van der Waals surface area contributed by atoms with Crippen LogP contribution in [0.15, 0.2) is 126 Å². The van der Waals surface area contributed by atoms with Crippen molar-refractivity contribution in [3.63, 3.8) is 0 Å². The van der Waals surface area contributed by atoms with Crippen LogP contribution in [0.3, 0.4) is 0 Å². The first-order valence-corrected chi connectivity index (χ1v) is 21.2. The maximum atomic E-state index is 13.7. The van der Waals surface area contributed by atoms with E-state index in [0.29, 0.717) is 23.5 Å². The van der Waals surface area contributed by atoms with Gasteiger partial charge in [-0.05, 0) is 83.7 Å². The summed E-state index contributed by atoms with van der Waals surface area (Å²) in [6.45, 7) is 7.60. The number of aliphatic hydroxyl groups excluding tert-OH is 1. The van der Waals surface area contributed by atoms with Crippen molar-refractivity contribution in [2.75, 3.05) is 26.1 Å². The van der Waals surface area contributed by atoms with Crippen molar-refractivity contribution in [1.29, 1.82) is 0 Å². The molecule has 1 saturated heterocycles. The first-order chi connectivity index (χ1) is 26.3. The van der Waals surface area contributed by atoms with Crippen molar-refractivity contribution in [2.24, 2.45) is 5.92 Å². The van der Waals surface area contributed by atoms with Gasteiger partial charge < -0.3 is 34.2 Å². The molecule has 0 radical (unpaired) electrons. The average molecular weight is 764 g/mol. The lowest BCUT2D eigenvalue weighted by Crippen LogP contribution is -2.43. The van der Waals surface area contributed by atoms with Gasteiger partial charge in [-0.15, -0.1) is 0 Å². The van der Waals surface area contributed by atoms with Gasteiger partial charge in [-0.3, -0.25) is 9.36 Å². The molecule has 11 nitrogen and oxygen atoms in total. The van der Waals surface area contributed by atoms with Crippen molar-refractivity contribution in [3.8, 4) is 11.5 Å². The number of anilines is 1. The molecule has 55 heavy (non-hydrogen) atoms. The molecule has 1 aliphatic rings. The third-order valence-corrected chi connectivity index (χ3v) is 14.4. The highest BCUT2D eigenvalue weighted by atomic mass is 28.4. The van der Waals surface area contributed by atoms with Gasteiger partial charge in [0, 0.05) is 17.7 Å². The minimum Gasteiger partial charge on any atom is -0.497 e. The van der Waals surface area contributed by atoms with Crippen molar-refractivity contribution in [2.45, 2.75) is 62.4 Å². The summed E-state index contributed by atoms with van der Waals surface area (Å²) >= 11 is 0. The highest BCUT2D eigenvalue weighted by Gasteiger charge is 2.51. The summed E-state index contributed by atoms with van der Waals surface area (Å²) in [6.07, 6.45) is -1.07. The van der Waals surface area contributed by atoms with Crippen LogP contribution in [0, 0.1) is 5.92 Å². The quantitative estimate of drug-likeness (QED) is 0.0826. The Morgan fingerprint density at radius 3 is 1.87 bits per heavy atom. The Hall–Kier alpha value is -5.11. The fourth-order valence-electron chi connectivity index (χ4n) is 7.01. The number of carbonyl (C=O) groups is 1. The van der Waals surface area contributed by atoms with E-state index in [1.54, 1.807) is 38.5 Å². The van der Waals surface area contributed by atoms with Gasteiger partial charge in [0.15, 0.2) is 8.32 Å². The summed E-state index contributed by atoms with van der Waals surface area (Å²) in [6, 6.07) is 35.3. The molecule has 1 aliphatic heterocycles. The molecule has 1 fully saturated rings. The topological polar surface area (TPSA) is 141 Å². The van der Waals surface area contributed by atoms with Crippen molar-refractivity contribution in [1.82, 2.24) is 9.55 Å². The molecule has 1 aromatic heterocycles. The summed E-state index contributed by atoms with van der Waals surface area (Å²) in [5.74, 6) is 0.424. The Morgan fingerprint density at radius 1 is 0.836 bits per heavy atom. The lowest BCUT2D eigenvalue weighted by molar-refractivity contribution is -0.0949. The lowest BCUT2D eigenvalue weighted by Gasteiger charge is -2.39. The summed E-state index contributed by atoms with van der Waals surface area (Å²) in [7, 11) is 0.453.